The van der Waals surface area contributed by atoms with Gasteiger partial charge in [0.2, 0.25) is 5.91 Å². The molecule has 1 aromatic rings. The Morgan fingerprint density at radius 1 is 1.42 bits per heavy atom. The van der Waals surface area contributed by atoms with Crippen molar-refractivity contribution in [1.29, 1.82) is 0 Å². The normalized spacial score (nSPS) is 10.4. The van der Waals surface area contributed by atoms with Gasteiger partial charge in [-0.1, -0.05) is 0 Å². The molecule has 0 saturated heterocycles. The van der Waals surface area contributed by atoms with E-state index in [0.717, 1.165) is 35.8 Å². The minimum absolute atomic E-state index is 0.0483. The standard InChI is InChI=1S/C14H22N2O2S/c1-11-10-12(15)4-5-13(11)16-14(17)6-9-19-8-3-7-18-2/h4-5,10H,3,6-9,15H2,1-2H3,(H,16,17). The zero-order valence-electron chi connectivity index (χ0n) is 11.6. The van der Waals surface area contributed by atoms with Crippen LogP contribution in [0.5, 0.6) is 0 Å². The van der Waals surface area contributed by atoms with Crippen molar-refractivity contribution < 1.29 is 9.53 Å². The number of amides is 1. The van der Waals surface area contributed by atoms with Crippen LogP contribution in [0.15, 0.2) is 18.2 Å². The van der Waals surface area contributed by atoms with Crippen molar-refractivity contribution in [2.45, 2.75) is 19.8 Å². The lowest BCUT2D eigenvalue weighted by atomic mass is 10.2. The van der Waals surface area contributed by atoms with Gasteiger partial charge in [-0.3, -0.25) is 4.79 Å². The van der Waals surface area contributed by atoms with Gasteiger partial charge < -0.3 is 15.8 Å². The minimum atomic E-state index is 0.0483. The molecule has 0 atom stereocenters. The van der Waals surface area contributed by atoms with Gasteiger partial charge in [-0.05, 0) is 42.9 Å². The Bertz CT molecular complexity index is 410. The number of hydrogen-bond acceptors (Lipinski definition) is 4. The highest BCUT2D eigenvalue weighted by molar-refractivity contribution is 7.99. The SMILES string of the molecule is COCCCSCCC(=O)Nc1ccc(N)cc1C. The molecule has 19 heavy (non-hydrogen) atoms. The van der Waals surface area contributed by atoms with Crippen LogP contribution >= 0.6 is 11.8 Å². The van der Waals surface area contributed by atoms with E-state index >= 15 is 0 Å². The van der Waals surface area contributed by atoms with Crippen molar-refractivity contribution in [2.75, 3.05) is 36.3 Å². The van der Waals surface area contributed by atoms with Gasteiger partial charge in [-0.2, -0.15) is 11.8 Å². The highest BCUT2D eigenvalue weighted by atomic mass is 32.2. The van der Waals surface area contributed by atoms with E-state index < -0.39 is 0 Å². The number of hydrogen-bond donors (Lipinski definition) is 2. The molecule has 0 fully saturated rings. The van der Waals surface area contributed by atoms with E-state index in [1.165, 1.54) is 0 Å². The van der Waals surface area contributed by atoms with Crippen LogP contribution < -0.4 is 11.1 Å². The number of benzene rings is 1. The second-order valence-corrected chi connectivity index (χ2v) is 5.56. The van der Waals surface area contributed by atoms with Gasteiger partial charge in [0, 0.05) is 37.3 Å². The van der Waals surface area contributed by atoms with Crippen molar-refractivity contribution in [3.05, 3.63) is 23.8 Å². The molecule has 1 aromatic carbocycles. The van der Waals surface area contributed by atoms with Crippen LogP contribution in [0.25, 0.3) is 0 Å². The minimum Gasteiger partial charge on any atom is -0.399 e. The molecule has 5 heteroatoms. The van der Waals surface area contributed by atoms with Gasteiger partial charge >= 0.3 is 0 Å². The number of methoxy groups -OCH3 is 1. The van der Waals surface area contributed by atoms with E-state index in [-0.39, 0.29) is 5.91 Å². The van der Waals surface area contributed by atoms with Crippen LogP contribution in [0.4, 0.5) is 11.4 Å². The van der Waals surface area contributed by atoms with Crippen molar-refractivity contribution in [1.82, 2.24) is 0 Å². The van der Waals surface area contributed by atoms with E-state index in [2.05, 4.69) is 5.32 Å². The molecule has 0 aliphatic carbocycles. The smallest absolute Gasteiger partial charge is 0.225 e. The molecule has 1 rings (SSSR count). The Morgan fingerprint density at radius 2 is 2.21 bits per heavy atom. The van der Waals surface area contributed by atoms with Gasteiger partial charge in [0.15, 0.2) is 0 Å². The lowest BCUT2D eigenvalue weighted by Crippen LogP contribution is -2.13. The first kappa shape index (κ1) is 15.9. The molecule has 0 unspecified atom stereocenters. The predicted octanol–water partition coefficient (Wildman–Crippen LogP) is 2.68. The molecular formula is C14H22N2O2S. The molecule has 0 spiro atoms. The fraction of sp³-hybridized carbons (Fsp3) is 0.500. The topological polar surface area (TPSA) is 64.3 Å². The van der Waals surface area contributed by atoms with Gasteiger partial charge in [0.1, 0.15) is 0 Å². The van der Waals surface area contributed by atoms with Crippen molar-refractivity contribution >= 4 is 29.0 Å². The van der Waals surface area contributed by atoms with Crippen LogP contribution in [0.2, 0.25) is 0 Å². The first-order valence-corrected chi connectivity index (χ1v) is 7.51. The molecule has 0 aliphatic heterocycles. The summed E-state index contributed by atoms with van der Waals surface area (Å²) in [4.78, 5) is 11.8. The number of rotatable bonds is 8. The van der Waals surface area contributed by atoms with E-state index in [1.54, 1.807) is 24.9 Å². The molecule has 4 nitrogen and oxygen atoms in total. The van der Waals surface area contributed by atoms with Gasteiger partial charge in [0.25, 0.3) is 0 Å². The maximum Gasteiger partial charge on any atom is 0.225 e. The summed E-state index contributed by atoms with van der Waals surface area (Å²) in [6.45, 7) is 2.72. The predicted molar refractivity (Wildman–Crippen MR) is 82.7 cm³/mol. The summed E-state index contributed by atoms with van der Waals surface area (Å²) in [5.41, 5.74) is 8.21. The van der Waals surface area contributed by atoms with E-state index in [9.17, 15) is 4.79 Å². The van der Waals surface area contributed by atoms with Gasteiger partial charge in [-0.25, -0.2) is 0 Å². The van der Waals surface area contributed by atoms with E-state index in [1.807, 2.05) is 19.1 Å². The van der Waals surface area contributed by atoms with Gasteiger partial charge in [0.05, 0.1) is 0 Å². The summed E-state index contributed by atoms with van der Waals surface area (Å²) in [7, 11) is 1.70. The molecule has 0 radical (unpaired) electrons. The summed E-state index contributed by atoms with van der Waals surface area (Å²) in [6, 6.07) is 5.49. The maximum absolute atomic E-state index is 11.8. The Labute approximate surface area is 119 Å². The zero-order valence-corrected chi connectivity index (χ0v) is 12.4. The summed E-state index contributed by atoms with van der Waals surface area (Å²) in [5.74, 6) is 1.91. The van der Waals surface area contributed by atoms with Crippen LogP contribution in [0.1, 0.15) is 18.4 Å². The number of aryl methyl sites for hydroxylation is 1. The molecule has 0 aromatic heterocycles. The number of nitrogens with one attached hydrogen (secondary N) is 1. The summed E-state index contributed by atoms with van der Waals surface area (Å²) < 4.78 is 4.97. The quantitative estimate of drug-likeness (QED) is 0.568. The van der Waals surface area contributed by atoms with Crippen molar-refractivity contribution in [3.63, 3.8) is 0 Å². The molecule has 3 N–H and O–H groups in total. The van der Waals surface area contributed by atoms with Crippen LogP contribution in [0.3, 0.4) is 0 Å². The summed E-state index contributed by atoms with van der Waals surface area (Å²) >= 11 is 1.78. The zero-order chi connectivity index (χ0) is 14.1. The third-order valence-electron chi connectivity index (χ3n) is 2.64. The van der Waals surface area contributed by atoms with E-state index in [4.69, 9.17) is 10.5 Å². The molecule has 1 amide bonds. The summed E-state index contributed by atoms with van der Waals surface area (Å²) in [6.07, 6.45) is 1.56. The number of carbonyl (C=O) groups is 1. The number of anilines is 2. The molecule has 0 heterocycles. The molecular weight excluding hydrogens is 260 g/mol. The first-order valence-electron chi connectivity index (χ1n) is 6.36. The number of thioether (sulfide) groups is 1. The third-order valence-corrected chi connectivity index (χ3v) is 3.71. The molecule has 0 aliphatic rings. The summed E-state index contributed by atoms with van der Waals surface area (Å²) in [5, 5.41) is 2.91. The number of carbonyl (C=O) groups excluding carboxylic acids is 1. The average molecular weight is 282 g/mol. The lowest BCUT2D eigenvalue weighted by Gasteiger charge is -2.09. The molecule has 0 bridgehead atoms. The fourth-order valence-electron chi connectivity index (χ4n) is 1.61. The van der Waals surface area contributed by atoms with E-state index in [0.29, 0.717) is 12.1 Å². The van der Waals surface area contributed by atoms with Crippen LogP contribution in [0, 0.1) is 6.92 Å². The molecule has 106 valence electrons. The highest BCUT2D eigenvalue weighted by Crippen LogP contribution is 2.18. The lowest BCUT2D eigenvalue weighted by molar-refractivity contribution is -0.115. The average Bonchev–Trinajstić information content (AvgIpc) is 2.37. The monoisotopic (exact) mass is 282 g/mol. The molecule has 0 saturated carbocycles. The van der Waals surface area contributed by atoms with Crippen molar-refractivity contribution in [3.8, 4) is 0 Å². The maximum atomic E-state index is 11.8. The number of ether oxygens (including phenoxy) is 1. The number of nitrogens with two attached hydrogens (primary N) is 1. The largest absolute Gasteiger partial charge is 0.399 e. The van der Waals surface area contributed by atoms with Crippen LogP contribution in [-0.2, 0) is 9.53 Å². The fourth-order valence-corrected chi connectivity index (χ4v) is 2.47. The third kappa shape index (κ3) is 6.50. The van der Waals surface area contributed by atoms with Crippen molar-refractivity contribution in [2.24, 2.45) is 0 Å². The second-order valence-electron chi connectivity index (χ2n) is 4.33. The highest BCUT2D eigenvalue weighted by Gasteiger charge is 2.04. The Kier molecular flexibility index (Phi) is 7.36. The first-order chi connectivity index (χ1) is 9.13. The Balaban J connectivity index is 2.23. The number of nitrogen functional groups attached to an aromatic ring is 1. The Hall–Kier alpha value is -1.20. The Morgan fingerprint density at radius 3 is 2.89 bits per heavy atom. The van der Waals surface area contributed by atoms with Gasteiger partial charge in [-0.15, -0.1) is 0 Å². The van der Waals surface area contributed by atoms with Crippen LogP contribution in [-0.4, -0.2) is 31.1 Å². The second kappa shape index (κ2) is 8.82.